The summed E-state index contributed by atoms with van der Waals surface area (Å²) >= 11 is 6.17. The number of benzene rings is 2. The lowest BCUT2D eigenvalue weighted by atomic mass is 9.99. The van der Waals surface area contributed by atoms with E-state index in [1.165, 1.54) is 35.0 Å². The molecule has 2 aromatic carbocycles. The molecule has 1 atom stereocenters. The first-order valence-electron chi connectivity index (χ1n) is 10.7. The number of halogens is 1. The third kappa shape index (κ3) is 5.06. The van der Waals surface area contributed by atoms with Gasteiger partial charge in [0, 0.05) is 26.2 Å². The molecule has 0 aromatic heterocycles. The van der Waals surface area contributed by atoms with Crippen LogP contribution in [0.5, 0.6) is 0 Å². The van der Waals surface area contributed by atoms with Crippen molar-refractivity contribution in [1.29, 1.82) is 0 Å². The lowest BCUT2D eigenvalue weighted by molar-refractivity contribution is -0.140. The van der Waals surface area contributed by atoms with Gasteiger partial charge in [-0.2, -0.15) is 4.31 Å². The van der Waals surface area contributed by atoms with Crippen LogP contribution in [-0.4, -0.2) is 68.5 Å². The van der Waals surface area contributed by atoms with Crippen LogP contribution in [0.25, 0.3) is 0 Å². The molecule has 8 nitrogen and oxygen atoms in total. The maximum Gasteiger partial charge on any atom is 0.340 e. The lowest BCUT2D eigenvalue weighted by Crippen LogP contribution is -2.42. The van der Waals surface area contributed by atoms with E-state index in [2.05, 4.69) is 0 Å². The number of nitrogens with zero attached hydrogens (tertiary/aromatic N) is 2. The zero-order valence-corrected chi connectivity index (χ0v) is 19.8. The molecule has 0 bridgehead atoms. The van der Waals surface area contributed by atoms with Crippen molar-refractivity contribution in [2.45, 2.75) is 30.9 Å². The third-order valence-electron chi connectivity index (χ3n) is 5.84. The van der Waals surface area contributed by atoms with Crippen molar-refractivity contribution >= 4 is 33.5 Å². The Labute approximate surface area is 198 Å². The van der Waals surface area contributed by atoms with Gasteiger partial charge in [-0.15, -0.1) is 0 Å². The van der Waals surface area contributed by atoms with E-state index in [0.717, 1.165) is 12.0 Å². The van der Waals surface area contributed by atoms with Gasteiger partial charge in [0.1, 0.15) is 0 Å². The van der Waals surface area contributed by atoms with Gasteiger partial charge in [0.15, 0.2) is 6.10 Å². The summed E-state index contributed by atoms with van der Waals surface area (Å²) in [6.45, 7) is 3.56. The van der Waals surface area contributed by atoms with Crippen LogP contribution in [0.1, 0.15) is 28.4 Å². The van der Waals surface area contributed by atoms with Crippen LogP contribution in [-0.2, 0) is 37.3 Å². The molecule has 0 saturated carbocycles. The number of fused-ring (bicyclic) bond motifs is 1. The molecule has 33 heavy (non-hydrogen) atoms. The average Bonchev–Trinajstić information content (AvgIpc) is 2.83. The molecule has 1 saturated heterocycles. The molecule has 0 aliphatic carbocycles. The van der Waals surface area contributed by atoms with Gasteiger partial charge in [-0.3, -0.25) is 4.79 Å². The average molecular weight is 493 g/mol. The van der Waals surface area contributed by atoms with E-state index in [1.54, 1.807) is 4.90 Å². The molecular weight excluding hydrogens is 468 g/mol. The van der Waals surface area contributed by atoms with Crippen molar-refractivity contribution in [3.63, 3.8) is 0 Å². The van der Waals surface area contributed by atoms with Gasteiger partial charge in [-0.1, -0.05) is 35.9 Å². The molecule has 2 aliphatic rings. The number of carbonyl (C=O) groups is 2. The summed E-state index contributed by atoms with van der Waals surface area (Å²) in [5, 5.41) is 0.0486. The molecule has 1 fully saturated rings. The molecule has 2 aromatic rings. The number of ether oxygens (including phenoxy) is 2. The number of sulfonamides is 1. The van der Waals surface area contributed by atoms with Crippen LogP contribution in [0.15, 0.2) is 47.4 Å². The quantitative estimate of drug-likeness (QED) is 0.595. The van der Waals surface area contributed by atoms with E-state index in [9.17, 15) is 18.0 Å². The largest absolute Gasteiger partial charge is 0.449 e. The maximum absolute atomic E-state index is 12.9. The van der Waals surface area contributed by atoms with Crippen LogP contribution in [0.4, 0.5) is 0 Å². The van der Waals surface area contributed by atoms with Crippen LogP contribution >= 0.6 is 11.6 Å². The number of carbonyl (C=O) groups excluding carboxylic acids is 2. The van der Waals surface area contributed by atoms with Crippen LogP contribution < -0.4 is 0 Å². The Hall–Kier alpha value is -2.46. The SMILES string of the molecule is CC(OC(=O)c1cc(S(=O)(=O)N2CCOCC2)ccc1Cl)C(=O)N1CCc2ccccc2C1. The second kappa shape index (κ2) is 9.80. The van der Waals surface area contributed by atoms with E-state index in [0.29, 0.717) is 26.3 Å². The highest BCUT2D eigenvalue weighted by molar-refractivity contribution is 7.89. The summed E-state index contributed by atoms with van der Waals surface area (Å²) < 4.78 is 37.8. The Bertz CT molecular complexity index is 1160. The second-order valence-corrected chi connectivity index (χ2v) is 10.3. The van der Waals surface area contributed by atoms with Crippen molar-refractivity contribution in [2.24, 2.45) is 0 Å². The Morgan fingerprint density at radius 1 is 1.06 bits per heavy atom. The Morgan fingerprint density at radius 3 is 2.48 bits per heavy atom. The van der Waals surface area contributed by atoms with Crippen molar-refractivity contribution in [1.82, 2.24) is 9.21 Å². The summed E-state index contributed by atoms with van der Waals surface area (Å²) in [6.07, 6.45) is -0.311. The molecule has 10 heteroatoms. The molecule has 2 aliphatic heterocycles. The summed E-state index contributed by atoms with van der Waals surface area (Å²) in [5.74, 6) is -1.16. The fourth-order valence-electron chi connectivity index (χ4n) is 3.97. The maximum atomic E-state index is 12.9. The summed E-state index contributed by atoms with van der Waals surface area (Å²) in [4.78, 5) is 27.3. The highest BCUT2D eigenvalue weighted by atomic mass is 35.5. The monoisotopic (exact) mass is 492 g/mol. The number of rotatable bonds is 5. The van der Waals surface area contributed by atoms with E-state index in [-0.39, 0.29) is 34.5 Å². The highest BCUT2D eigenvalue weighted by Gasteiger charge is 2.30. The molecule has 0 N–H and O–H groups in total. The minimum absolute atomic E-state index is 0.0486. The molecule has 2 heterocycles. The Kier molecular flexibility index (Phi) is 7.04. The predicted molar refractivity (Wildman–Crippen MR) is 121 cm³/mol. The molecule has 0 radical (unpaired) electrons. The van der Waals surface area contributed by atoms with Gasteiger partial charge in [0.05, 0.1) is 28.7 Å². The number of esters is 1. The lowest BCUT2D eigenvalue weighted by Gasteiger charge is -2.30. The smallest absolute Gasteiger partial charge is 0.340 e. The van der Waals surface area contributed by atoms with E-state index >= 15 is 0 Å². The Balaban J connectivity index is 1.47. The van der Waals surface area contributed by atoms with Crippen molar-refractivity contribution in [3.05, 3.63) is 64.2 Å². The molecule has 0 spiro atoms. The first-order valence-corrected chi connectivity index (χ1v) is 12.5. The first-order chi connectivity index (χ1) is 15.8. The molecule has 1 amide bonds. The van der Waals surface area contributed by atoms with Gasteiger partial charge < -0.3 is 14.4 Å². The van der Waals surface area contributed by atoms with Crippen LogP contribution in [0.2, 0.25) is 5.02 Å². The normalized spacial score (nSPS) is 17.8. The highest BCUT2D eigenvalue weighted by Crippen LogP contribution is 2.25. The molecular formula is C23H25ClN2O6S. The first kappa shape index (κ1) is 23.7. The van der Waals surface area contributed by atoms with Gasteiger partial charge in [-0.05, 0) is 42.7 Å². The summed E-state index contributed by atoms with van der Waals surface area (Å²) in [5.41, 5.74) is 2.17. The van der Waals surface area contributed by atoms with Crippen LogP contribution in [0.3, 0.4) is 0 Å². The number of morpholine rings is 1. The minimum Gasteiger partial charge on any atom is -0.449 e. The second-order valence-electron chi connectivity index (χ2n) is 7.98. The summed E-state index contributed by atoms with van der Waals surface area (Å²) in [7, 11) is -3.81. The fourth-order valence-corrected chi connectivity index (χ4v) is 5.60. The predicted octanol–water partition coefficient (Wildman–Crippen LogP) is 2.49. The molecule has 176 valence electrons. The Morgan fingerprint density at radius 2 is 1.76 bits per heavy atom. The fraction of sp³-hybridized carbons (Fsp3) is 0.391. The number of hydrogen-bond acceptors (Lipinski definition) is 6. The van der Waals surface area contributed by atoms with E-state index < -0.39 is 22.1 Å². The number of amides is 1. The van der Waals surface area contributed by atoms with Crippen molar-refractivity contribution in [2.75, 3.05) is 32.8 Å². The minimum atomic E-state index is -3.81. The van der Waals surface area contributed by atoms with Gasteiger partial charge in [0.2, 0.25) is 10.0 Å². The van der Waals surface area contributed by atoms with Gasteiger partial charge in [-0.25, -0.2) is 13.2 Å². The zero-order valence-electron chi connectivity index (χ0n) is 18.2. The van der Waals surface area contributed by atoms with Crippen LogP contribution in [0, 0.1) is 0 Å². The zero-order chi connectivity index (χ0) is 23.6. The van der Waals surface area contributed by atoms with Crippen molar-refractivity contribution < 1.29 is 27.5 Å². The summed E-state index contributed by atoms with van der Waals surface area (Å²) in [6, 6.07) is 11.8. The standard InChI is InChI=1S/C23H25ClN2O6S/c1-16(22(27)25-9-8-17-4-2-3-5-18(17)15-25)32-23(28)20-14-19(6-7-21(20)24)33(29,30)26-10-12-31-13-11-26/h2-7,14,16H,8-13,15H2,1H3. The van der Waals surface area contributed by atoms with E-state index in [1.807, 2.05) is 24.3 Å². The number of hydrogen-bond donors (Lipinski definition) is 0. The van der Waals surface area contributed by atoms with Gasteiger partial charge in [0.25, 0.3) is 5.91 Å². The van der Waals surface area contributed by atoms with E-state index in [4.69, 9.17) is 21.1 Å². The van der Waals surface area contributed by atoms with Gasteiger partial charge >= 0.3 is 5.97 Å². The van der Waals surface area contributed by atoms with Crippen molar-refractivity contribution in [3.8, 4) is 0 Å². The molecule has 4 rings (SSSR count). The topological polar surface area (TPSA) is 93.2 Å². The third-order valence-corrected chi connectivity index (χ3v) is 8.06. The molecule has 1 unspecified atom stereocenters.